The van der Waals surface area contributed by atoms with Crippen LogP contribution in [0.1, 0.15) is 12.5 Å². The van der Waals surface area contributed by atoms with Gasteiger partial charge in [0.05, 0.1) is 4.92 Å². The number of nitrogens with one attached hydrogen (secondary N) is 1. The number of nitro groups is 1. The number of benzene rings is 1. The summed E-state index contributed by atoms with van der Waals surface area (Å²) in [4.78, 5) is 21.0. The van der Waals surface area contributed by atoms with Crippen LogP contribution in [0.5, 0.6) is 0 Å². The lowest BCUT2D eigenvalue weighted by Gasteiger charge is -2.23. The van der Waals surface area contributed by atoms with E-state index in [4.69, 9.17) is 0 Å². The first-order chi connectivity index (χ1) is 10.1. The lowest BCUT2D eigenvalue weighted by Crippen LogP contribution is -2.26. The van der Waals surface area contributed by atoms with Gasteiger partial charge in [0.25, 0.3) is 0 Å². The Bertz CT molecular complexity index is 704. The Labute approximate surface area is 121 Å². The van der Waals surface area contributed by atoms with Gasteiger partial charge >= 0.3 is 5.69 Å². The number of hydrogen-bond acceptors (Lipinski definition) is 6. The molecule has 1 aliphatic rings. The summed E-state index contributed by atoms with van der Waals surface area (Å²) >= 11 is 0. The third-order valence-electron chi connectivity index (χ3n) is 3.61. The molecule has 1 N–H and O–H groups in total. The molecular formula is C14H15N5O2. The molecule has 3 rings (SSSR count). The van der Waals surface area contributed by atoms with Crippen LogP contribution in [0.25, 0.3) is 0 Å². The Hall–Kier alpha value is -2.70. The van der Waals surface area contributed by atoms with E-state index < -0.39 is 4.92 Å². The van der Waals surface area contributed by atoms with Gasteiger partial charge in [0.2, 0.25) is 11.8 Å². The molecule has 0 saturated carbocycles. The van der Waals surface area contributed by atoms with Crippen molar-refractivity contribution in [2.24, 2.45) is 0 Å². The quantitative estimate of drug-likeness (QED) is 0.689. The number of hydrogen-bond donors (Lipinski definition) is 1. The Balaban J connectivity index is 2.17. The molecule has 0 spiro atoms. The highest BCUT2D eigenvalue weighted by Gasteiger charge is 2.33. The van der Waals surface area contributed by atoms with Gasteiger partial charge in [-0.3, -0.25) is 10.1 Å². The van der Waals surface area contributed by atoms with Crippen LogP contribution in [0, 0.1) is 10.1 Å². The molecule has 2 aromatic rings. The van der Waals surface area contributed by atoms with Crippen LogP contribution < -0.4 is 10.2 Å². The van der Waals surface area contributed by atoms with E-state index in [-0.39, 0.29) is 11.7 Å². The average Bonchev–Trinajstić information content (AvgIpc) is 2.82. The third kappa shape index (κ3) is 2.16. The molecule has 1 aliphatic heterocycles. The molecule has 0 saturated heterocycles. The highest BCUT2D eigenvalue weighted by Crippen LogP contribution is 2.40. The summed E-state index contributed by atoms with van der Waals surface area (Å²) in [6.45, 7) is 2.03. The van der Waals surface area contributed by atoms with Crippen molar-refractivity contribution < 1.29 is 4.92 Å². The lowest BCUT2D eigenvalue weighted by molar-refractivity contribution is -0.384. The van der Waals surface area contributed by atoms with E-state index in [0.717, 1.165) is 12.1 Å². The van der Waals surface area contributed by atoms with Gasteiger partial charge in [0.15, 0.2) is 0 Å². The van der Waals surface area contributed by atoms with E-state index in [2.05, 4.69) is 15.3 Å². The summed E-state index contributed by atoms with van der Waals surface area (Å²) in [5.74, 6) is 0.698. The number of nitrogens with zero attached hydrogens (tertiary/aromatic N) is 4. The SMILES string of the molecule is CNc1ncc([N+](=O)[O-])c(N2c3ccccc3CC2C)n1. The molecule has 0 bridgehead atoms. The maximum Gasteiger partial charge on any atom is 0.330 e. The molecule has 1 aromatic carbocycles. The fourth-order valence-electron chi connectivity index (χ4n) is 2.68. The minimum Gasteiger partial charge on any atom is -0.357 e. The zero-order valence-corrected chi connectivity index (χ0v) is 11.8. The van der Waals surface area contributed by atoms with Crippen molar-refractivity contribution in [1.29, 1.82) is 0 Å². The number of para-hydroxylation sites is 1. The fraction of sp³-hybridized carbons (Fsp3) is 0.286. The zero-order chi connectivity index (χ0) is 15.0. The molecule has 1 atom stereocenters. The molecule has 7 heteroatoms. The average molecular weight is 285 g/mol. The lowest BCUT2D eigenvalue weighted by atomic mass is 10.1. The van der Waals surface area contributed by atoms with Crippen LogP contribution in [0.2, 0.25) is 0 Å². The Kier molecular flexibility index (Phi) is 3.17. The smallest absolute Gasteiger partial charge is 0.330 e. The van der Waals surface area contributed by atoms with E-state index in [0.29, 0.717) is 11.8 Å². The zero-order valence-electron chi connectivity index (χ0n) is 11.8. The second-order valence-electron chi connectivity index (χ2n) is 4.96. The Morgan fingerprint density at radius 3 is 2.90 bits per heavy atom. The summed E-state index contributed by atoms with van der Waals surface area (Å²) in [5.41, 5.74) is 2.05. The summed E-state index contributed by atoms with van der Waals surface area (Å²) in [6, 6.07) is 8.01. The second-order valence-corrected chi connectivity index (χ2v) is 4.96. The second kappa shape index (κ2) is 5.01. The van der Waals surface area contributed by atoms with Gasteiger partial charge in [-0.2, -0.15) is 4.98 Å². The predicted octanol–water partition coefficient (Wildman–Crippen LogP) is 2.51. The van der Waals surface area contributed by atoms with E-state index in [1.54, 1.807) is 7.05 Å². The molecule has 2 heterocycles. The van der Waals surface area contributed by atoms with Crippen LogP contribution >= 0.6 is 0 Å². The normalized spacial score (nSPS) is 16.7. The molecule has 0 aliphatic carbocycles. The summed E-state index contributed by atoms with van der Waals surface area (Å²) in [7, 11) is 1.69. The van der Waals surface area contributed by atoms with Crippen molar-refractivity contribution in [3.63, 3.8) is 0 Å². The summed E-state index contributed by atoms with van der Waals surface area (Å²) in [5, 5.41) is 14.1. The minimum atomic E-state index is -0.442. The van der Waals surface area contributed by atoms with Gasteiger partial charge in [-0.1, -0.05) is 18.2 Å². The molecule has 108 valence electrons. The van der Waals surface area contributed by atoms with Crippen molar-refractivity contribution in [3.8, 4) is 0 Å². The molecule has 1 aromatic heterocycles. The van der Waals surface area contributed by atoms with Crippen molar-refractivity contribution in [2.45, 2.75) is 19.4 Å². The van der Waals surface area contributed by atoms with Gasteiger partial charge in [0.1, 0.15) is 6.20 Å². The Morgan fingerprint density at radius 2 is 2.19 bits per heavy atom. The fourth-order valence-corrected chi connectivity index (χ4v) is 2.68. The molecule has 0 fully saturated rings. The first-order valence-electron chi connectivity index (χ1n) is 6.68. The van der Waals surface area contributed by atoms with E-state index >= 15 is 0 Å². The Morgan fingerprint density at radius 1 is 1.43 bits per heavy atom. The molecule has 1 unspecified atom stereocenters. The van der Waals surface area contributed by atoms with E-state index in [9.17, 15) is 10.1 Å². The number of anilines is 3. The maximum absolute atomic E-state index is 11.3. The van der Waals surface area contributed by atoms with Crippen LogP contribution in [0.3, 0.4) is 0 Å². The van der Waals surface area contributed by atoms with E-state index in [1.807, 2.05) is 36.1 Å². The number of fused-ring (bicyclic) bond motifs is 1. The highest BCUT2D eigenvalue weighted by molar-refractivity contribution is 5.74. The van der Waals surface area contributed by atoms with Crippen LogP contribution in [-0.2, 0) is 6.42 Å². The maximum atomic E-state index is 11.3. The van der Waals surface area contributed by atoms with Gasteiger partial charge in [-0.25, -0.2) is 4.98 Å². The third-order valence-corrected chi connectivity index (χ3v) is 3.61. The van der Waals surface area contributed by atoms with Crippen LogP contribution in [-0.4, -0.2) is 28.0 Å². The van der Waals surface area contributed by atoms with E-state index in [1.165, 1.54) is 11.8 Å². The first-order valence-corrected chi connectivity index (χ1v) is 6.68. The van der Waals surface area contributed by atoms with Gasteiger partial charge < -0.3 is 10.2 Å². The summed E-state index contributed by atoms with van der Waals surface area (Å²) < 4.78 is 0. The largest absolute Gasteiger partial charge is 0.357 e. The molecule has 21 heavy (non-hydrogen) atoms. The number of rotatable bonds is 3. The van der Waals surface area contributed by atoms with Crippen molar-refractivity contribution in [3.05, 3.63) is 46.1 Å². The molecular weight excluding hydrogens is 270 g/mol. The van der Waals surface area contributed by atoms with Crippen molar-refractivity contribution in [1.82, 2.24) is 9.97 Å². The van der Waals surface area contributed by atoms with Crippen molar-refractivity contribution in [2.75, 3.05) is 17.3 Å². The minimum absolute atomic E-state index is 0.0856. The topological polar surface area (TPSA) is 84.2 Å². The predicted molar refractivity (Wildman–Crippen MR) is 80.0 cm³/mol. The van der Waals surface area contributed by atoms with Crippen LogP contribution in [0.4, 0.5) is 23.1 Å². The molecule has 7 nitrogen and oxygen atoms in total. The van der Waals surface area contributed by atoms with Crippen molar-refractivity contribution >= 4 is 23.1 Å². The molecule has 0 radical (unpaired) electrons. The van der Waals surface area contributed by atoms with Crippen LogP contribution in [0.15, 0.2) is 30.5 Å². The monoisotopic (exact) mass is 285 g/mol. The standard InChI is InChI=1S/C14H15N5O2/c1-9-7-10-5-3-4-6-11(10)18(9)13-12(19(20)21)8-16-14(15-2)17-13/h3-6,8-9H,7H2,1-2H3,(H,15,16,17). The highest BCUT2D eigenvalue weighted by atomic mass is 16.6. The summed E-state index contributed by atoms with van der Waals surface area (Å²) in [6.07, 6.45) is 2.09. The van der Waals surface area contributed by atoms with Gasteiger partial charge in [0, 0.05) is 18.8 Å². The first kappa shape index (κ1) is 13.3. The number of aromatic nitrogens is 2. The molecule has 0 amide bonds. The van der Waals surface area contributed by atoms with Gasteiger partial charge in [-0.15, -0.1) is 0 Å². The van der Waals surface area contributed by atoms with Gasteiger partial charge in [-0.05, 0) is 25.0 Å².